The van der Waals surface area contributed by atoms with E-state index in [0.29, 0.717) is 0 Å². The number of benzene rings is 1. The van der Waals surface area contributed by atoms with Gasteiger partial charge >= 0.3 is 0 Å². The van der Waals surface area contributed by atoms with Crippen LogP contribution in [0.15, 0.2) is 18.2 Å². The van der Waals surface area contributed by atoms with Gasteiger partial charge in [0.05, 0.1) is 0 Å². The van der Waals surface area contributed by atoms with Crippen molar-refractivity contribution in [2.24, 2.45) is 11.7 Å². The molecule has 0 radical (unpaired) electrons. The highest BCUT2D eigenvalue weighted by Gasteiger charge is 2.22. The Labute approximate surface area is 117 Å². The molecule has 19 heavy (non-hydrogen) atoms. The fraction of sp³-hybridized carbons (Fsp3) is 0.647. The minimum atomic E-state index is 0.149. The molecule has 3 rings (SSSR count). The van der Waals surface area contributed by atoms with Gasteiger partial charge < -0.3 is 10.6 Å². The summed E-state index contributed by atoms with van der Waals surface area (Å²) in [4.78, 5) is 2.62. The summed E-state index contributed by atoms with van der Waals surface area (Å²) in [6, 6.07) is 7.01. The molecule has 1 aromatic carbocycles. The van der Waals surface area contributed by atoms with Gasteiger partial charge in [-0.1, -0.05) is 25.0 Å². The molecular formula is C17H26N2. The lowest BCUT2D eigenvalue weighted by molar-refractivity contribution is 0.519. The summed E-state index contributed by atoms with van der Waals surface area (Å²) in [5, 5.41) is 0. The maximum absolute atomic E-state index is 6.00. The minimum Gasteiger partial charge on any atom is -0.371 e. The van der Waals surface area contributed by atoms with Gasteiger partial charge in [-0.15, -0.1) is 0 Å². The molecule has 1 heterocycles. The Morgan fingerprint density at radius 1 is 1.26 bits per heavy atom. The van der Waals surface area contributed by atoms with Gasteiger partial charge in [0, 0.05) is 24.8 Å². The van der Waals surface area contributed by atoms with Gasteiger partial charge in [0.2, 0.25) is 0 Å². The number of rotatable bonds is 3. The number of nitrogens with two attached hydrogens (primary N) is 1. The van der Waals surface area contributed by atoms with E-state index in [1.165, 1.54) is 68.4 Å². The maximum Gasteiger partial charge on any atom is 0.0399 e. The molecule has 1 aromatic rings. The van der Waals surface area contributed by atoms with Crippen LogP contribution in [-0.2, 0) is 6.42 Å². The normalized spacial score (nSPS) is 21.5. The summed E-state index contributed by atoms with van der Waals surface area (Å²) in [5.41, 5.74) is 10.3. The molecule has 0 saturated heterocycles. The molecule has 1 atom stereocenters. The number of hydrogen-bond acceptors (Lipinski definition) is 2. The third kappa shape index (κ3) is 2.79. The quantitative estimate of drug-likeness (QED) is 0.896. The highest BCUT2D eigenvalue weighted by molar-refractivity contribution is 5.57. The van der Waals surface area contributed by atoms with Gasteiger partial charge in [-0.05, 0) is 55.7 Å². The number of anilines is 1. The van der Waals surface area contributed by atoms with Crippen LogP contribution < -0.4 is 10.6 Å². The lowest BCUT2D eigenvalue weighted by atomic mass is 9.96. The van der Waals surface area contributed by atoms with Crippen molar-refractivity contribution in [3.8, 4) is 0 Å². The van der Waals surface area contributed by atoms with Crippen LogP contribution in [0.4, 0.5) is 5.69 Å². The zero-order valence-corrected chi connectivity index (χ0v) is 12.1. The summed E-state index contributed by atoms with van der Waals surface area (Å²) in [7, 11) is 0. The summed E-state index contributed by atoms with van der Waals surface area (Å²) in [6.45, 7) is 4.58. The molecular weight excluding hydrogens is 232 g/mol. The van der Waals surface area contributed by atoms with E-state index >= 15 is 0 Å². The van der Waals surface area contributed by atoms with Crippen molar-refractivity contribution >= 4 is 5.69 Å². The van der Waals surface area contributed by atoms with E-state index in [9.17, 15) is 0 Å². The molecule has 1 saturated carbocycles. The van der Waals surface area contributed by atoms with E-state index in [-0.39, 0.29) is 6.04 Å². The first-order valence-corrected chi connectivity index (χ1v) is 7.87. The monoisotopic (exact) mass is 258 g/mol. The van der Waals surface area contributed by atoms with E-state index in [2.05, 4.69) is 30.0 Å². The average Bonchev–Trinajstić information content (AvgIpc) is 2.91. The minimum absolute atomic E-state index is 0.149. The Morgan fingerprint density at radius 3 is 2.79 bits per heavy atom. The summed E-state index contributed by atoms with van der Waals surface area (Å²) >= 11 is 0. The number of hydrogen-bond donors (Lipinski definition) is 1. The zero-order valence-electron chi connectivity index (χ0n) is 12.1. The van der Waals surface area contributed by atoms with Crippen LogP contribution in [-0.4, -0.2) is 13.1 Å². The van der Waals surface area contributed by atoms with Crippen molar-refractivity contribution in [1.29, 1.82) is 0 Å². The molecule has 1 aliphatic carbocycles. The highest BCUT2D eigenvalue weighted by atomic mass is 15.1. The smallest absolute Gasteiger partial charge is 0.0399 e. The van der Waals surface area contributed by atoms with Gasteiger partial charge in [-0.3, -0.25) is 0 Å². The van der Waals surface area contributed by atoms with Crippen LogP contribution in [0.5, 0.6) is 0 Å². The molecule has 1 fully saturated rings. The lowest BCUT2D eigenvalue weighted by Crippen LogP contribution is -2.33. The summed E-state index contributed by atoms with van der Waals surface area (Å²) in [5.74, 6) is 0.930. The van der Waals surface area contributed by atoms with E-state index in [1.807, 2.05) is 0 Å². The second-order valence-corrected chi connectivity index (χ2v) is 6.38. The Morgan fingerprint density at radius 2 is 2.05 bits per heavy atom. The fourth-order valence-electron chi connectivity index (χ4n) is 3.67. The third-order valence-electron chi connectivity index (χ3n) is 4.80. The Kier molecular flexibility index (Phi) is 3.79. The second kappa shape index (κ2) is 5.54. The second-order valence-electron chi connectivity index (χ2n) is 6.38. The molecule has 0 aromatic heterocycles. The van der Waals surface area contributed by atoms with Crippen molar-refractivity contribution in [2.75, 3.05) is 18.0 Å². The van der Waals surface area contributed by atoms with Crippen molar-refractivity contribution in [2.45, 2.75) is 51.5 Å². The topological polar surface area (TPSA) is 29.3 Å². The van der Waals surface area contributed by atoms with Crippen LogP contribution in [0.1, 0.15) is 56.2 Å². The first-order chi connectivity index (χ1) is 9.24. The largest absolute Gasteiger partial charge is 0.371 e. The fourth-order valence-corrected chi connectivity index (χ4v) is 3.67. The van der Waals surface area contributed by atoms with Gasteiger partial charge in [-0.2, -0.15) is 0 Å². The lowest BCUT2D eigenvalue weighted by Gasteiger charge is -2.34. The van der Waals surface area contributed by atoms with Crippen molar-refractivity contribution in [3.05, 3.63) is 29.3 Å². The SMILES string of the molecule is CC(N)c1ccc2c(c1)CCCN2CC1CCCC1. The van der Waals surface area contributed by atoms with Crippen LogP contribution in [0.25, 0.3) is 0 Å². The summed E-state index contributed by atoms with van der Waals surface area (Å²) in [6.07, 6.45) is 8.26. The highest BCUT2D eigenvalue weighted by Crippen LogP contribution is 2.33. The average molecular weight is 258 g/mol. The molecule has 2 N–H and O–H groups in total. The standard InChI is InChI=1S/C17H26N2/c1-13(18)15-8-9-17-16(11-15)7-4-10-19(17)12-14-5-2-3-6-14/h8-9,11,13-14H,2-7,10,12,18H2,1H3. The molecule has 104 valence electrons. The molecule has 1 aliphatic heterocycles. The Bertz CT molecular complexity index is 433. The van der Waals surface area contributed by atoms with Crippen LogP contribution in [0.3, 0.4) is 0 Å². The molecule has 1 unspecified atom stereocenters. The van der Waals surface area contributed by atoms with Gasteiger partial charge in [0.15, 0.2) is 0 Å². The van der Waals surface area contributed by atoms with E-state index in [0.717, 1.165) is 5.92 Å². The van der Waals surface area contributed by atoms with Crippen LogP contribution >= 0.6 is 0 Å². The maximum atomic E-state index is 6.00. The van der Waals surface area contributed by atoms with Gasteiger partial charge in [0.1, 0.15) is 0 Å². The summed E-state index contributed by atoms with van der Waals surface area (Å²) < 4.78 is 0. The first-order valence-electron chi connectivity index (χ1n) is 7.87. The molecule has 0 bridgehead atoms. The van der Waals surface area contributed by atoms with Crippen molar-refractivity contribution in [3.63, 3.8) is 0 Å². The van der Waals surface area contributed by atoms with Crippen molar-refractivity contribution < 1.29 is 0 Å². The predicted octanol–water partition coefficient (Wildman–Crippen LogP) is 3.65. The molecule has 2 heteroatoms. The first kappa shape index (κ1) is 13.0. The van der Waals surface area contributed by atoms with Crippen LogP contribution in [0, 0.1) is 5.92 Å². The third-order valence-corrected chi connectivity index (χ3v) is 4.80. The van der Waals surface area contributed by atoms with Crippen LogP contribution in [0.2, 0.25) is 0 Å². The zero-order chi connectivity index (χ0) is 13.2. The van der Waals surface area contributed by atoms with E-state index < -0.39 is 0 Å². The Hall–Kier alpha value is -1.02. The predicted molar refractivity (Wildman–Crippen MR) is 81.5 cm³/mol. The van der Waals surface area contributed by atoms with Crippen molar-refractivity contribution in [1.82, 2.24) is 0 Å². The van der Waals surface area contributed by atoms with E-state index in [4.69, 9.17) is 5.73 Å². The van der Waals surface area contributed by atoms with Gasteiger partial charge in [0.25, 0.3) is 0 Å². The molecule has 2 nitrogen and oxygen atoms in total. The number of aryl methyl sites for hydroxylation is 1. The number of nitrogens with zero attached hydrogens (tertiary/aromatic N) is 1. The molecule has 2 aliphatic rings. The number of fused-ring (bicyclic) bond motifs is 1. The molecule has 0 amide bonds. The molecule has 0 spiro atoms. The van der Waals surface area contributed by atoms with Gasteiger partial charge in [-0.25, -0.2) is 0 Å². The van der Waals surface area contributed by atoms with E-state index in [1.54, 1.807) is 0 Å². The Balaban J connectivity index is 1.79.